The van der Waals surface area contributed by atoms with E-state index in [2.05, 4.69) is 32.8 Å². The summed E-state index contributed by atoms with van der Waals surface area (Å²) in [5.41, 5.74) is 0. The molecule has 1 heterocycles. The van der Waals surface area contributed by atoms with Gasteiger partial charge in [0.05, 0.1) is 4.47 Å². The van der Waals surface area contributed by atoms with Crippen LogP contribution in [0.25, 0.3) is 0 Å². The molecule has 2 rings (SSSR count). The molecule has 0 bridgehead atoms. The Morgan fingerprint density at radius 1 is 1.46 bits per heavy atom. The minimum absolute atomic E-state index is 0.251. The topological polar surface area (TPSA) is 35.0 Å². The molecular weight excluding hydrogens is 232 g/mol. The van der Waals surface area contributed by atoms with Crippen LogP contribution < -0.4 is 4.74 Å². The quantitative estimate of drug-likeness (QED) is 0.817. The van der Waals surface area contributed by atoms with Crippen molar-refractivity contribution >= 4 is 15.9 Å². The zero-order valence-electron chi connectivity index (χ0n) is 7.40. The Morgan fingerprint density at radius 2 is 2.08 bits per heavy atom. The average molecular weight is 243 g/mol. The van der Waals surface area contributed by atoms with Crippen LogP contribution in [0.1, 0.15) is 19.8 Å². The third-order valence-corrected chi connectivity index (χ3v) is 2.58. The molecule has 1 fully saturated rings. The summed E-state index contributed by atoms with van der Waals surface area (Å²) in [7, 11) is 0. The summed E-state index contributed by atoms with van der Waals surface area (Å²) >= 11 is 3.27. The molecule has 4 heteroatoms. The Bertz CT molecular complexity index is 284. The van der Waals surface area contributed by atoms with Gasteiger partial charge in [-0.25, -0.2) is 9.97 Å². The fourth-order valence-electron chi connectivity index (χ4n) is 1.19. The van der Waals surface area contributed by atoms with Crippen LogP contribution >= 0.6 is 15.9 Å². The highest BCUT2D eigenvalue weighted by molar-refractivity contribution is 9.10. The Labute approximate surface area is 85.7 Å². The molecule has 0 saturated heterocycles. The van der Waals surface area contributed by atoms with E-state index < -0.39 is 0 Å². The van der Waals surface area contributed by atoms with Crippen LogP contribution in [0.15, 0.2) is 16.9 Å². The second-order valence-corrected chi connectivity index (χ2v) is 4.26. The highest BCUT2D eigenvalue weighted by atomic mass is 79.9. The van der Waals surface area contributed by atoms with E-state index in [1.807, 2.05) is 0 Å². The van der Waals surface area contributed by atoms with E-state index in [-0.39, 0.29) is 6.10 Å². The van der Waals surface area contributed by atoms with E-state index in [9.17, 15) is 0 Å². The number of aromatic nitrogens is 2. The second-order valence-electron chi connectivity index (χ2n) is 3.34. The minimum Gasteiger partial charge on any atom is -0.460 e. The zero-order chi connectivity index (χ0) is 9.26. The van der Waals surface area contributed by atoms with Gasteiger partial charge in [-0.05, 0) is 41.6 Å². The molecule has 0 amide bonds. The first-order chi connectivity index (χ1) is 6.25. The van der Waals surface area contributed by atoms with Gasteiger partial charge in [0, 0.05) is 12.4 Å². The SMILES string of the molecule is CC(Oc1ncc(Br)cn1)C1CC1. The molecule has 1 atom stereocenters. The number of ether oxygens (including phenoxy) is 1. The molecule has 1 aromatic rings. The summed E-state index contributed by atoms with van der Waals surface area (Å²) in [6.45, 7) is 2.07. The van der Waals surface area contributed by atoms with E-state index >= 15 is 0 Å². The minimum atomic E-state index is 0.251. The molecule has 1 aromatic heterocycles. The van der Waals surface area contributed by atoms with Crippen molar-refractivity contribution in [1.29, 1.82) is 0 Å². The molecule has 0 N–H and O–H groups in total. The normalized spacial score (nSPS) is 18.3. The van der Waals surface area contributed by atoms with Gasteiger partial charge in [0.25, 0.3) is 0 Å². The molecule has 0 aliphatic heterocycles. The number of halogens is 1. The smallest absolute Gasteiger partial charge is 0.316 e. The largest absolute Gasteiger partial charge is 0.460 e. The number of hydrogen-bond acceptors (Lipinski definition) is 3. The molecule has 1 saturated carbocycles. The van der Waals surface area contributed by atoms with Crippen LogP contribution in [-0.4, -0.2) is 16.1 Å². The first-order valence-corrected chi connectivity index (χ1v) is 5.19. The van der Waals surface area contributed by atoms with Gasteiger partial charge in [-0.1, -0.05) is 0 Å². The molecule has 13 heavy (non-hydrogen) atoms. The van der Waals surface area contributed by atoms with Crippen molar-refractivity contribution in [3.8, 4) is 6.01 Å². The predicted molar refractivity (Wildman–Crippen MR) is 52.5 cm³/mol. The standard InChI is InChI=1S/C9H11BrN2O/c1-6(7-2-3-7)13-9-11-4-8(10)5-12-9/h4-7H,2-3H2,1H3. The third-order valence-electron chi connectivity index (χ3n) is 2.17. The van der Waals surface area contributed by atoms with Crippen molar-refractivity contribution in [3.63, 3.8) is 0 Å². The van der Waals surface area contributed by atoms with E-state index in [0.29, 0.717) is 11.9 Å². The van der Waals surface area contributed by atoms with Gasteiger partial charge in [0.15, 0.2) is 0 Å². The maximum Gasteiger partial charge on any atom is 0.316 e. The van der Waals surface area contributed by atoms with Crippen molar-refractivity contribution in [3.05, 3.63) is 16.9 Å². The number of rotatable bonds is 3. The van der Waals surface area contributed by atoms with Gasteiger partial charge in [-0.3, -0.25) is 0 Å². The van der Waals surface area contributed by atoms with Gasteiger partial charge in [-0.2, -0.15) is 0 Å². The van der Waals surface area contributed by atoms with E-state index in [0.717, 1.165) is 4.47 Å². The lowest BCUT2D eigenvalue weighted by atomic mass is 10.3. The van der Waals surface area contributed by atoms with Gasteiger partial charge in [-0.15, -0.1) is 0 Å². The van der Waals surface area contributed by atoms with E-state index in [1.54, 1.807) is 12.4 Å². The lowest BCUT2D eigenvalue weighted by Crippen LogP contribution is -2.15. The molecule has 3 nitrogen and oxygen atoms in total. The highest BCUT2D eigenvalue weighted by Gasteiger charge is 2.29. The van der Waals surface area contributed by atoms with Crippen molar-refractivity contribution in [1.82, 2.24) is 9.97 Å². The Morgan fingerprint density at radius 3 is 2.62 bits per heavy atom. The van der Waals surface area contributed by atoms with Crippen LogP contribution in [0.5, 0.6) is 6.01 Å². The molecule has 1 aliphatic carbocycles. The van der Waals surface area contributed by atoms with E-state index in [4.69, 9.17) is 4.74 Å². The maximum atomic E-state index is 5.55. The maximum absolute atomic E-state index is 5.55. The number of nitrogens with zero attached hydrogens (tertiary/aromatic N) is 2. The molecule has 0 radical (unpaired) electrons. The molecule has 70 valence electrons. The van der Waals surface area contributed by atoms with Crippen LogP contribution in [0.2, 0.25) is 0 Å². The van der Waals surface area contributed by atoms with Gasteiger partial charge < -0.3 is 4.74 Å². The zero-order valence-corrected chi connectivity index (χ0v) is 8.99. The summed E-state index contributed by atoms with van der Waals surface area (Å²) in [5, 5.41) is 0. The third kappa shape index (κ3) is 2.40. The second kappa shape index (κ2) is 3.62. The average Bonchev–Trinajstić information content (AvgIpc) is 2.91. The first kappa shape index (κ1) is 8.94. The lowest BCUT2D eigenvalue weighted by molar-refractivity contribution is 0.181. The molecule has 0 spiro atoms. The van der Waals surface area contributed by atoms with Gasteiger partial charge in [0.1, 0.15) is 6.10 Å². The summed E-state index contributed by atoms with van der Waals surface area (Å²) in [5.74, 6) is 0.715. The van der Waals surface area contributed by atoms with Crippen molar-refractivity contribution in [2.75, 3.05) is 0 Å². The Hall–Kier alpha value is -0.640. The van der Waals surface area contributed by atoms with Crippen molar-refractivity contribution in [2.45, 2.75) is 25.9 Å². The Balaban J connectivity index is 1.96. The fourth-order valence-corrected chi connectivity index (χ4v) is 1.39. The van der Waals surface area contributed by atoms with Gasteiger partial charge >= 0.3 is 6.01 Å². The monoisotopic (exact) mass is 242 g/mol. The van der Waals surface area contributed by atoms with Crippen LogP contribution in [0, 0.1) is 5.92 Å². The first-order valence-electron chi connectivity index (χ1n) is 4.40. The summed E-state index contributed by atoms with van der Waals surface area (Å²) < 4.78 is 6.42. The molecular formula is C9H11BrN2O. The molecule has 1 unspecified atom stereocenters. The van der Waals surface area contributed by atoms with Crippen LogP contribution in [0.4, 0.5) is 0 Å². The predicted octanol–water partition coefficient (Wildman–Crippen LogP) is 2.42. The Kier molecular flexibility index (Phi) is 2.49. The molecule has 1 aliphatic rings. The van der Waals surface area contributed by atoms with E-state index in [1.165, 1.54) is 12.8 Å². The van der Waals surface area contributed by atoms with Gasteiger partial charge in [0.2, 0.25) is 0 Å². The summed E-state index contributed by atoms with van der Waals surface area (Å²) in [6.07, 6.45) is 6.19. The molecule has 0 aromatic carbocycles. The lowest BCUT2D eigenvalue weighted by Gasteiger charge is -2.10. The highest BCUT2D eigenvalue weighted by Crippen LogP contribution is 2.33. The summed E-state index contributed by atoms with van der Waals surface area (Å²) in [4.78, 5) is 8.10. The fraction of sp³-hybridized carbons (Fsp3) is 0.556. The summed E-state index contributed by atoms with van der Waals surface area (Å²) in [6, 6.07) is 0.475. The van der Waals surface area contributed by atoms with Crippen LogP contribution in [0.3, 0.4) is 0 Å². The van der Waals surface area contributed by atoms with Crippen molar-refractivity contribution in [2.24, 2.45) is 5.92 Å². The number of hydrogen-bond donors (Lipinski definition) is 0. The van der Waals surface area contributed by atoms with Crippen molar-refractivity contribution < 1.29 is 4.74 Å². The van der Waals surface area contributed by atoms with Crippen LogP contribution in [-0.2, 0) is 0 Å².